The number of aryl methyl sites for hydroxylation is 1. The lowest BCUT2D eigenvalue weighted by Crippen LogP contribution is -2.12. The van der Waals surface area contributed by atoms with E-state index in [1.54, 1.807) is 42.6 Å². The number of sulfonamides is 1. The van der Waals surface area contributed by atoms with Gasteiger partial charge in [-0.25, -0.2) is 13.4 Å². The van der Waals surface area contributed by atoms with E-state index in [2.05, 4.69) is 15.0 Å². The molecule has 2 N–H and O–H groups in total. The van der Waals surface area contributed by atoms with Gasteiger partial charge in [-0.05, 0) is 36.4 Å². The summed E-state index contributed by atoms with van der Waals surface area (Å²) in [5.41, 5.74) is 0.946. The molecule has 0 saturated heterocycles. The number of nitrogens with one attached hydrogen (secondary N) is 2. The Morgan fingerprint density at radius 2 is 1.89 bits per heavy atom. The molecule has 0 fully saturated rings. The SMILES string of the molecule is Cn1ccnc1SCc1ccc(C(=O)Nc2ccc(NS(C)(=O)=O)cc2)o1. The summed E-state index contributed by atoms with van der Waals surface area (Å²) in [5, 5.41) is 3.57. The van der Waals surface area contributed by atoms with Gasteiger partial charge in [-0.3, -0.25) is 9.52 Å². The summed E-state index contributed by atoms with van der Waals surface area (Å²) in [7, 11) is -1.43. The van der Waals surface area contributed by atoms with Gasteiger partial charge in [0.15, 0.2) is 10.9 Å². The summed E-state index contributed by atoms with van der Waals surface area (Å²) in [6, 6.07) is 9.70. The lowest BCUT2D eigenvalue weighted by atomic mass is 10.3. The zero-order valence-electron chi connectivity index (χ0n) is 14.7. The summed E-state index contributed by atoms with van der Waals surface area (Å²) in [4.78, 5) is 16.5. The lowest BCUT2D eigenvalue weighted by molar-refractivity contribution is 0.0995. The van der Waals surface area contributed by atoms with Crippen LogP contribution >= 0.6 is 11.8 Å². The molecule has 27 heavy (non-hydrogen) atoms. The molecule has 0 spiro atoms. The first-order valence-electron chi connectivity index (χ1n) is 7.88. The Morgan fingerprint density at radius 1 is 1.19 bits per heavy atom. The van der Waals surface area contributed by atoms with Crippen molar-refractivity contribution in [2.75, 3.05) is 16.3 Å². The molecule has 0 aliphatic heterocycles. The smallest absolute Gasteiger partial charge is 0.291 e. The van der Waals surface area contributed by atoms with E-state index in [1.165, 1.54) is 11.8 Å². The molecule has 0 aliphatic rings. The molecule has 0 aliphatic carbocycles. The van der Waals surface area contributed by atoms with Crippen LogP contribution in [-0.4, -0.2) is 30.1 Å². The van der Waals surface area contributed by atoms with E-state index < -0.39 is 10.0 Å². The van der Waals surface area contributed by atoms with Crippen LogP contribution in [0.15, 0.2) is 58.4 Å². The minimum absolute atomic E-state index is 0.198. The van der Waals surface area contributed by atoms with E-state index in [0.717, 1.165) is 11.4 Å². The average molecular weight is 406 g/mol. The summed E-state index contributed by atoms with van der Waals surface area (Å²) < 4.78 is 32.2. The molecule has 10 heteroatoms. The highest BCUT2D eigenvalue weighted by Gasteiger charge is 2.13. The van der Waals surface area contributed by atoms with E-state index in [4.69, 9.17) is 4.42 Å². The third kappa shape index (κ3) is 5.38. The van der Waals surface area contributed by atoms with Gasteiger partial charge < -0.3 is 14.3 Å². The van der Waals surface area contributed by atoms with Crippen LogP contribution in [0.2, 0.25) is 0 Å². The van der Waals surface area contributed by atoms with Crippen molar-refractivity contribution < 1.29 is 17.6 Å². The van der Waals surface area contributed by atoms with Gasteiger partial charge in [0.1, 0.15) is 5.76 Å². The highest BCUT2D eigenvalue weighted by atomic mass is 32.2. The third-order valence-corrected chi connectivity index (χ3v) is 5.14. The van der Waals surface area contributed by atoms with Crippen molar-refractivity contribution in [2.24, 2.45) is 7.05 Å². The quantitative estimate of drug-likeness (QED) is 0.585. The number of carbonyl (C=O) groups is 1. The molecule has 3 aromatic rings. The Bertz CT molecular complexity index is 1040. The van der Waals surface area contributed by atoms with Gasteiger partial charge in [-0.15, -0.1) is 0 Å². The van der Waals surface area contributed by atoms with Crippen molar-refractivity contribution in [3.63, 3.8) is 0 Å². The van der Waals surface area contributed by atoms with Crippen LogP contribution in [0.3, 0.4) is 0 Å². The molecule has 2 aromatic heterocycles. The number of hydrogen-bond donors (Lipinski definition) is 2. The molecule has 3 rings (SSSR count). The molecule has 2 heterocycles. The molecule has 142 valence electrons. The number of furan rings is 1. The monoisotopic (exact) mass is 406 g/mol. The largest absolute Gasteiger partial charge is 0.455 e. The predicted molar refractivity (Wildman–Crippen MR) is 104 cm³/mol. The molecule has 0 unspecified atom stereocenters. The summed E-state index contributed by atoms with van der Waals surface area (Å²) >= 11 is 1.51. The van der Waals surface area contributed by atoms with E-state index in [1.807, 2.05) is 17.8 Å². The fraction of sp³-hybridized carbons (Fsp3) is 0.176. The van der Waals surface area contributed by atoms with Crippen LogP contribution in [0.5, 0.6) is 0 Å². The van der Waals surface area contributed by atoms with Crippen molar-refractivity contribution in [2.45, 2.75) is 10.9 Å². The van der Waals surface area contributed by atoms with Gasteiger partial charge in [-0.1, -0.05) is 11.8 Å². The first-order valence-corrected chi connectivity index (χ1v) is 10.8. The van der Waals surface area contributed by atoms with Crippen molar-refractivity contribution in [1.29, 1.82) is 0 Å². The molecular formula is C17H18N4O4S2. The van der Waals surface area contributed by atoms with Gasteiger partial charge >= 0.3 is 0 Å². The number of benzene rings is 1. The van der Waals surface area contributed by atoms with Crippen molar-refractivity contribution in [1.82, 2.24) is 9.55 Å². The molecule has 0 atom stereocenters. The standard InChI is InChI=1S/C17H18N4O4S2/c1-21-10-9-18-17(21)26-11-14-7-8-15(25-14)16(22)19-12-3-5-13(6-4-12)20-27(2,23)24/h3-10,20H,11H2,1-2H3,(H,19,22). The number of hydrogen-bond acceptors (Lipinski definition) is 6. The lowest BCUT2D eigenvalue weighted by Gasteiger charge is -2.06. The van der Waals surface area contributed by atoms with Gasteiger partial charge in [-0.2, -0.15) is 0 Å². The van der Waals surface area contributed by atoms with Crippen LogP contribution < -0.4 is 10.0 Å². The Labute approximate surface area is 161 Å². The third-order valence-electron chi connectivity index (χ3n) is 3.45. The summed E-state index contributed by atoms with van der Waals surface area (Å²) in [5.74, 6) is 1.04. The zero-order chi connectivity index (χ0) is 19.4. The van der Waals surface area contributed by atoms with Crippen molar-refractivity contribution in [3.8, 4) is 0 Å². The molecule has 0 bridgehead atoms. The molecule has 0 radical (unpaired) electrons. The highest BCUT2D eigenvalue weighted by Crippen LogP contribution is 2.22. The minimum Gasteiger partial charge on any atom is -0.455 e. The van der Waals surface area contributed by atoms with Crippen LogP contribution in [0.1, 0.15) is 16.3 Å². The number of carbonyl (C=O) groups excluding carboxylic acids is 1. The number of anilines is 2. The van der Waals surface area contributed by atoms with E-state index >= 15 is 0 Å². The number of imidazole rings is 1. The molecular weight excluding hydrogens is 388 g/mol. The zero-order valence-corrected chi connectivity index (χ0v) is 16.3. The Balaban J connectivity index is 1.58. The van der Waals surface area contributed by atoms with Crippen LogP contribution in [0.25, 0.3) is 0 Å². The van der Waals surface area contributed by atoms with Crippen molar-refractivity contribution >= 4 is 39.1 Å². The number of thioether (sulfide) groups is 1. The normalized spacial score (nSPS) is 11.3. The topological polar surface area (TPSA) is 106 Å². The first-order chi connectivity index (χ1) is 12.8. The second-order valence-corrected chi connectivity index (χ2v) is 8.47. The Morgan fingerprint density at radius 3 is 2.52 bits per heavy atom. The second kappa shape index (κ2) is 7.89. The Hall–Kier alpha value is -2.72. The number of rotatable bonds is 7. The first kappa shape index (κ1) is 19.1. The predicted octanol–water partition coefficient (Wildman–Crippen LogP) is 2.93. The van der Waals surface area contributed by atoms with Crippen LogP contribution in [0, 0.1) is 0 Å². The summed E-state index contributed by atoms with van der Waals surface area (Å²) in [6.07, 6.45) is 4.66. The van der Waals surface area contributed by atoms with E-state index in [-0.39, 0.29) is 11.7 Å². The van der Waals surface area contributed by atoms with Crippen LogP contribution in [-0.2, 0) is 22.8 Å². The van der Waals surface area contributed by atoms with Gasteiger partial charge in [0.05, 0.1) is 12.0 Å². The second-order valence-electron chi connectivity index (χ2n) is 5.78. The fourth-order valence-corrected chi connectivity index (χ4v) is 3.62. The minimum atomic E-state index is -3.34. The Kier molecular flexibility index (Phi) is 5.57. The van der Waals surface area contributed by atoms with Gasteiger partial charge in [0.2, 0.25) is 10.0 Å². The molecule has 8 nitrogen and oxygen atoms in total. The molecule has 1 amide bonds. The average Bonchev–Trinajstić information content (AvgIpc) is 3.22. The highest BCUT2D eigenvalue weighted by molar-refractivity contribution is 7.98. The fourth-order valence-electron chi connectivity index (χ4n) is 2.23. The molecule has 0 saturated carbocycles. The number of amides is 1. The molecule has 1 aromatic carbocycles. The van der Waals surface area contributed by atoms with E-state index in [9.17, 15) is 13.2 Å². The number of nitrogens with zero attached hydrogens (tertiary/aromatic N) is 2. The number of aromatic nitrogens is 2. The maximum atomic E-state index is 12.3. The van der Waals surface area contributed by atoms with E-state index in [0.29, 0.717) is 22.9 Å². The van der Waals surface area contributed by atoms with Gasteiger partial charge in [0.25, 0.3) is 5.91 Å². The maximum absolute atomic E-state index is 12.3. The van der Waals surface area contributed by atoms with Gasteiger partial charge in [0, 0.05) is 30.8 Å². The summed E-state index contributed by atoms with van der Waals surface area (Å²) in [6.45, 7) is 0. The maximum Gasteiger partial charge on any atom is 0.291 e. The van der Waals surface area contributed by atoms with Crippen molar-refractivity contribution in [3.05, 3.63) is 60.3 Å². The van der Waals surface area contributed by atoms with Crippen LogP contribution in [0.4, 0.5) is 11.4 Å².